The van der Waals surface area contributed by atoms with E-state index >= 15 is 0 Å². The molecule has 3 aromatic heterocycles. The van der Waals surface area contributed by atoms with E-state index in [0.717, 1.165) is 67.8 Å². The van der Waals surface area contributed by atoms with Crippen molar-refractivity contribution in [3.63, 3.8) is 0 Å². The van der Waals surface area contributed by atoms with Gasteiger partial charge in [-0.1, -0.05) is 6.92 Å². The highest BCUT2D eigenvalue weighted by Gasteiger charge is 2.36. The SMILES string of the molecule is C[C@H](Cc1ncc2c(-c3cnn(C4CCC4)c3)cc(C3CCC(O)CC3)n2n1)C(F)(F)F. The molecule has 0 radical (unpaired) electrons. The van der Waals surface area contributed by atoms with Crippen LogP contribution in [-0.2, 0) is 6.42 Å². The molecule has 0 aliphatic heterocycles. The van der Waals surface area contributed by atoms with Crippen molar-refractivity contribution in [2.75, 3.05) is 0 Å². The fourth-order valence-electron chi connectivity index (χ4n) is 4.75. The van der Waals surface area contributed by atoms with Gasteiger partial charge in [0.15, 0.2) is 0 Å². The number of aliphatic hydroxyl groups is 1. The monoisotopic (exact) mass is 447 g/mol. The van der Waals surface area contributed by atoms with E-state index in [0.29, 0.717) is 6.04 Å². The Hall–Kier alpha value is -2.42. The Kier molecular flexibility index (Phi) is 5.47. The van der Waals surface area contributed by atoms with Crippen LogP contribution in [0.15, 0.2) is 24.7 Å². The summed E-state index contributed by atoms with van der Waals surface area (Å²) in [5.41, 5.74) is 3.67. The molecule has 2 fully saturated rings. The lowest BCUT2D eigenvalue weighted by Gasteiger charge is -2.25. The molecule has 172 valence electrons. The molecule has 0 aromatic carbocycles. The third kappa shape index (κ3) is 4.02. The van der Waals surface area contributed by atoms with Crippen molar-refractivity contribution in [2.24, 2.45) is 5.92 Å². The van der Waals surface area contributed by atoms with Crippen molar-refractivity contribution in [2.45, 2.75) is 82.5 Å². The molecule has 6 nitrogen and oxygen atoms in total. The minimum atomic E-state index is -4.28. The van der Waals surface area contributed by atoms with Gasteiger partial charge < -0.3 is 5.11 Å². The van der Waals surface area contributed by atoms with Crippen LogP contribution in [0.1, 0.15) is 75.3 Å². The van der Waals surface area contributed by atoms with Crippen LogP contribution in [0.3, 0.4) is 0 Å². The molecule has 3 heterocycles. The van der Waals surface area contributed by atoms with Crippen LogP contribution in [0.5, 0.6) is 0 Å². The van der Waals surface area contributed by atoms with E-state index in [4.69, 9.17) is 0 Å². The molecule has 2 saturated carbocycles. The summed E-state index contributed by atoms with van der Waals surface area (Å²) in [5, 5.41) is 19.0. The van der Waals surface area contributed by atoms with Gasteiger partial charge in [-0.25, -0.2) is 9.50 Å². The van der Waals surface area contributed by atoms with Crippen LogP contribution in [0.2, 0.25) is 0 Å². The van der Waals surface area contributed by atoms with Gasteiger partial charge in [-0.05, 0) is 51.0 Å². The highest BCUT2D eigenvalue weighted by Crippen LogP contribution is 2.38. The maximum absolute atomic E-state index is 13.1. The van der Waals surface area contributed by atoms with Crippen molar-refractivity contribution in [3.8, 4) is 11.1 Å². The second kappa shape index (κ2) is 8.17. The third-order valence-corrected chi connectivity index (χ3v) is 7.12. The maximum atomic E-state index is 13.1. The predicted octanol–water partition coefficient (Wildman–Crippen LogP) is 5.08. The van der Waals surface area contributed by atoms with Crippen molar-refractivity contribution < 1.29 is 18.3 Å². The Morgan fingerprint density at radius 2 is 1.88 bits per heavy atom. The van der Waals surface area contributed by atoms with Gasteiger partial charge >= 0.3 is 6.18 Å². The van der Waals surface area contributed by atoms with Crippen molar-refractivity contribution in [1.29, 1.82) is 0 Å². The van der Waals surface area contributed by atoms with Crippen LogP contribution >= 0.6 is 0 Å². The van der Waals surface area contributed by atoms with Gasteiger partial charge in [0.2, 0.25) is 0 Å². The van der Waals surface area contributed by atoms with Crippen LogP contribution in [0.25, 0.3) is 16.6 Å². The van der Waals surface area contributed by atoms with E-state index in [2.05, 4.69) is 21.2 Å². The largest absolute Gasteiger partial charge is 0.393 e. The van der Waals surface area contributed by atoms with Crippen LogP contribution < -0.4 is 0 Å². The van der Waals surface area contributed by atoms with Crippen molar-refractivity contribution >= 4 is 5.52 Å². The lowest BCUT2D eigenvalue weighted by Crippen LogP contribution is -2.23. The van der Waals surface area contributed by atoms with Gasteiger partial charge in [0.1, 0.15) is 5.82 Å². The van der Waals surface area contributed by atoms with Gasteiger partial charge in [0.25, 0.3) is 0 Å². The second-order valence-electron chi connectivity index (χ2n) is 9.40. The minimum Gasteiger partial charge on any atom is -0.393 e. The summed E-state index contributed by atoms with van der Waals surface area (Å²) in [6.45, 7) is 1.16. The molecule has 1 N–H and O–H groups in total. The average molecular weight is 448 g/mol. The van der Waals surface area contributed by atoms with E-state index in [1.54, 1.807) is 10.7 Å². The van der Waals surface area contributed by atoms with Crippen LogP contribution in [0, 0.1) is 5.92 Å². The lowest BCUT2D eigenvalue weighted by molar-refractivity contribution is -0.169. The molecule has 32 heavy (non-hydrogen) atoms. The highest BCUT2D eigenvalue weighted by atomic mass is 19.4. The van der Waals surface area contributed by atoms with E-state index in [9.17, 15) is 18.3 Å². The van der Waals surface area contributed by atoms with E-state index in [1.807, 2.05) is 17.1 Å². The lowest BCUT2D eigenvalue weighted by atomic mass is 9.85. The summed E-state index contributed by atoms with van der Waals surface area (Å²) in [4.78, 5) is 4.29. The van der Waals surface area contributed by atoms with E-state index in [1.165, 1.54) is 6.42 Å². The average Bonchev–Trinajstić information content (AvgIpc) is 3.31. The zero-order valence-electron chi connectivity index (χ0n) is 18.1. The molecule has 9 heteroatoms. The smallest absolute Gasteiger partial charge is 0.391 e. The fourth-order valence-corrected chi connectivity index (χ4v) is 4.75. The zero-order chi connectivity index (χ0) is 22.5. The van der Waals surface area contributed by atoms with E-state index < -0.39 is 12.1 Å². The van der Waals surface area contributed by atoms with Crippen LogP contribution in [-0.4, -0.2) is 41.8 Å². The van der Waals surface area contributed by atoms with E-state index in [-0.39, 0.29) is 24.3 Å². The maximum Gasteiger partial charge on any atom is 0.391 e. The summed E-state index contributed by atoms with van der Waals surface area (Å²) < 4.78 is 43.1. The standard InChI is InChI=1S/C23H28F3N5O/c1-14(23(24,25)26)9-22-27-12-21-19(16-11-28-30(13-16)17-3-2-4-17)10-20(31(21)29-22)15-5-7-18(32)8-6-15/h10-15,17-18,32H,2-9H2,1H3/t14-,15?,18?/m1/s1. The molecule has 0 unspecified atom stereocenters. The number of aromatic nitrogens is 5. The fraction of sp³-hybridized carbons (Fsp3) is 0.609. The molecular weight excluding hydrogens is 419 g/mol. The molecule has 3 aromatic rings. The topological polar surface area (TPSA) is 68.2 Å². The molecule has 0 bridgehead atoms. The number of hydrogen-bond acceptors (Lipinski definition) is 4. The first kappa shape index (κ1) is 21.4. The van der Waals surface area contributed by atoms with Crippen molar-refractivity contribution in [3.05, 3.63) is 36.2 Å². The number of rotatable bonds is 5. The van der Waals surface area contributed by atoms with Gasteiger partial charge in [-0.2, -0.15) is 23.4 Å². The Morgan fingerprint density at radius 1 is 1.12 bits per heavy atom. The normalized spacial score (nSPS) is 23.4. The number of fused-ring (bicyclic) bond motifs is 1. The number of alkyl halides is 3. The second-order valence-corrected chi connectivity index (χ2v) is 9.40. The molecule has 5 rings (SSSR count). The Balaban J connectivity index is 1.54. The van der Waals surface area contributed by atoms with Gasteiger partial charge in [-0.15, -0.1) is 0 Å². The quantitative estimate of drug-likeness (QED) is 0.593. The Morgan fingerprint density at radius 3 is 2.53 bits per heavy atom. The molecule has 1 atom stereocenters. The highest BCUT2D eigenvalue weighted by molar-refractivity contribution is 5.80. The van der Waals surface area contributed by atoms with Gasteiger partial charge in [-0.3, -0.25) is 4.68 Å². The summed E-state index contributed by atoms with van der Waals surface area (Å²) in [5.74, 6) is -1.13. The minimum absolute atomic E-state index is 0.187. The summed E-state index contributed by atoms with van der Waals surface area (Å²) >= 11 is 0. The number of aliphatic hydroxyl groups excluding tert-OH is 1. The number of halogens is 3. The first-order valence-corrected chi connectivity index (χ1v) is 11.5. The molecule has 2 aliphatic rings. The first-order valence-electron chi connectivity index (χ1n) is 11.5. The van der Waals surface area contributed by atoms with Crippen LogP contribution in [0.4, 0.5) is 13.2 Å². The Bertz CT molecular complexity index is 1090. The summed E-state index contributed by atoms with van der Waals surface area (Å²) in [6, 6.07) is 2.54. The zero-order valence-corrected chi connectivity index (χ0v) is 18.1. The molecular formula is C23H28F3N5O. The molecule has 0 saturated heterocycles. The summed E-state index contributed by atoms with van der Waals surface area (Å²) in [6.07, 6.45) is 7.31. The predicted molar refractivity (Wildman–Crippen MR) is 113 cm³/mol. The van der Waals surface area contributed by atoms with Gasteiger partial charge in [0.05, 0.1) is 36.0 Å². The molecule has 0 amide bonds. The number of nitrogens with zero attached hydrogens (tertiary/aromatic N) is 5. The Labute approximate surface area is 184 Å². The number of hydrogen-bond donors (Lipinski definition) is 1. The van der Waals surface area contributed by atoms with Gasteiger partial charge in [0, 0.05) is 35.4 Å². The molecule has 0 spiro atoms. The van der Waals surface area contributed by atoms with Crippen molar-refractivity contribution in [1.82, 2.24) is 24.4 Å². The third-order valence-electron chi connectivity index (χ3n) is 7.12. The summed E-state index contributed by atoms with van der Waals surface area (Å²) in [7, 11) is 0. The first-order chi connectivity index (χ1) is 15.3. The molecule has 2 aliphatic carbocycles.